The molecule has 0 aliphatic carbocycles. The minimum atomic E-state index is -0.405. The fourth-order valence-corrected chi connectivity index (χ4v) is 2.00. The van der Waals surface area contributed by atoms with Gasteiger partial charge in [-0.15, -0.1) is 5.10 Å². The molecule has 0 radical (unpaired) electrons. The Hall–Kier alpha value is -1.20. The van der Waals surface area contributed by atoms with E-state index >= 15 is 0 Å². The number of halogens is 2. The largest absolute Gasteiger partial charge is 0.368 e. The van der Waals surface area contributed by atoms with Crippen molar-refractivity contribution in [1.82, 2.24) is 9.59 Å². The molecule has 1 heterocycles. The number of aromatic nitrogens is 2. The molecule has 0 saturated carbocycles. The van der Waals surface area contributed by atoms with Crippen LogP contribution in [0.4, 0.5) is 9.39 Å². The predicted molar refractivity (Wildman–Crippen MR) is 63.4 cm³/mol. The molecule has 0 bridgehead atoms. The van der Waals surface area contributed by atoms with Crippen molar-refractivity contribution in [3.63, 3.8) is 0 Å². The fourth-order valence-electron chi connectivity index (χ4n) is 1.31. The van der Waals surface area contributed by atoms with Crippen molar-refractivity contribution < 1.29 is 4.39 Å². The van der Waals surface area contributed by atoms with Crippen molar-refractivity contribution in [2.45, 2.75) is 13.0 Å². The van der Waals surface area contributed by atoms with Gasteiger partial charge in [0.25, 0.3) is 0 Å². The summed E-state index contributed by atoms with van der Waals surface area (Å²) >= 11 is 6.99. The lowest BCUT2D eigenvalue weighted by atomic mass is 10.1. The van der Waals surface area contributed by atoms with Crippen molar-refractivity contribution in [2.24, 2.45) is 0 Å². The first-order chi connectivity index (χ1) is 7.66. The lowest BCUT2D eigenvalue weighted by Crippen LogP contribution is -2.05. The fraction of sp³-hybridized carbons (Fsp3) is 0.200. The smallest absolute Gasteiger partial charge is 0.141 e. The minimum absolute atomic E-state index is 0.0281. The van der Waals surface area contributed by atoms with Crippen molar-refractivity contribution in [3.8, 4) is 0 Å². The number of rotatable bonds is 3. The van der Waals surface area contributed by atoms with Gasteiger partial charge in [-0.25, -0.2) is 4.39 Å². The maximum atomic E-state index is 13.0. The van der Waals surface area contributed by atoms with E-state index in [1.165, 1.54) is 17.6 Å². The summed E-state index contributed by atoms with van der Waals surface area (Å²) < 4.78 is 16.7. The molecule has 0 saturated heterocycles. The highest BCUT2D eigenvalue weighted by atomic mass is 35.5. The number of hydrogen-bond donors (Lipinski definition) is 1. The molecule has 6 heteroatoms. The molecular formula is C10H9ClFN3S. The average molecular weight is 258 g/mol. The molecule has 0 spiro atoms. The Kier molecular flexibility index (Phi) is 3.36. The molecule has 84 valence electrons. The van der Waals surface area contributed by atoms with Crippen LogP contribution in [-0.4, -0.2) is 9.59 Å². The Morgan fingerprint density at radius 3 is 2.94 bits per heavy atom. The van der Waals surface area contributed by atoms with Gasteiger partial charge in [-0.05, 0) is 24.6 Å². The number of anilines is 1. The second kappa shape index (κ2) is 4.76. The van der Waals surface area contributed by atoms with E-state index in [1.54, 1.807) is 18.3 Å². The summed E-state index contributed by atoms with van der Waals surface area (Å²) in [5.41, 5.74) is 0.916. The Bertz CT molecular complexity index is 475. The lowest BCUT2D eigenvalue weighted by molar-refractivity contribution is 0.627. The molecule has 0 fully saturated rings. The molecule has 1 N–H and O–H groups in total. The Labute approximate surface area is 101 Å². The molecule has 1 aromatic heterocycles. The highest BCUT2D eigenvalue weighted by Crippen LogP contribution is 2.24. The number of nitrogens with one attached hydrogen (secondary N) is 1. The molecule has 1 atom stereocenters. The Balaban J connectivity index is 2.14. The van der Waals surface area contributed by atoms with Crippen LogP contribution in [0.15, 0.2) is 24.4 Å². The molecule has 16 heavy (non-hydrogen) atoms. The highest BCUT2D eigenvalue weighted by Gasteiger charge is 2.09. The normalized spacial score (nSPS) is 12.4. The zero-order chi connectivity index (χ0) is 11.5. The van der Waals surface area contributed by atoms with Crippen molar-refractivity contribution in [3.05, 3.63) is 40.8 Å². The van der Waals surface area contributed by atoms with Gasteiger partial charge >= 0.3 is 0 Å². The first-order valence-corrected chi connectivity index (χ1v) is 5.81. The number of hydrogen-bond acceptors (Lipinski definition) is 4. The van der Waals surface area contributed by atoms with E-state index in [2.05, 4.69) is 14.9 Å². The molecule has 2 rings (SSSR count). The number of nitrogens with zero attached hydrogens (tertiary/aromatic N) is 2. The maximum Gasteiger partial charge on any atom is 0.141 e. The summed E-state index contributed by atoms with van der Waals surface area (Å²) in [6, 6.07) is 4.71. The van der Waals surface area contributed by atoms with Gasteiger partial charge in [0.1, 0.15) is 10.8 Å². The lowest BCUT2D eigenvalue weighted by Gasteiger charge is -2.13. The van der Waals surface area contributed by atoms with Crippen LogP contribution >= 0.6 is 23.1 Å². The third-order valence-corrected chi connectivity index (χ3v) is 3.05. The van der Waals surface area contributed by atoms with E-state index in [9.17, 15) is 4.39 Å². The van der Waals surface area contributed by atoms with E-state index in [-0.39, 0.29) is 11.1 Å². The molecule has 0 amide bonds. The molecule has 1 aromatic carbocycles. The van der Waals surface area contributed by atoms with E-state index in [0.29, 0.717) is 0 Å². The predicted octanol–water partition coefficient (Wildman–Crippen LogP) is 3.50. The van der Waals surface area contributed by atoms with E-state index in [1.807, 2.05) is 6.92 Å². The van der Waals surface area contributed by atoms with Crippen LogP contribution in [0.1, 0.15) is 18.5 Å². The van der Waals surface area contributed by atoms with Crippen LogP contribution in [0, 0.1) is 5.82 Å². The summed E-state index contributed by atoms with van der Waals surface area (Å²) in [6.45, 7) is 1.96. The monoisotopic (exact) mass is 257 g/mol. The summed E-state index contributed by atoms with van der Waals surface area (Å²) in [5.74, 6) is -0.405. The SMILES string of the molecule is CC(Nc1cnns1)c1ccc(F)c(Cl)c1. The molecule has 0 aliphatic rings. The van der Waals surface area contributed by atoms with Crippen LogP contribution in [0.2, 0.25) is 5.02 Å². The van der Waals surface area contributed by atoms with Gasteiger partial charge in [-0.1, -0.05) is 22.2 Å². The van der Waals surface area contributed by atoms with Gasteiger partial charge in [0, 0.05) is 17.6 Å². The van der Waals surface area contributed by atoms with Crippen LogP contribution in [0.5, 0.6) is 0 Å². The minimum Gasteiger partial charge on any atom is -0.368 e. The van der Waals surface area contributed by atoms with E-state index in [4.69, 9.17) is 11.6 Å². The zero-order valence-electron chi connectivity index (χ0n) is 8.45. The second-order valence-corrected chi connectivity index (χ2v) is 4.51. The molecule has 1 unspecified atom stereocenters. The van der Waals surface area contributed by atoms with Gasteiger partial charge in [-0.2, -0.15) is 0 Å². The maximum absolute atomic E-state index is 13.0. The van der Waals surface area contributed by atoms with Gasteiger partial charge < -0.3 is 5.32 Å². The third kappa shape index (κ3) is 2.48. The van der Waals surface area contributed by atoms with Crippen molar-refractivity contribution in [1.29, 1.82) is 0 Å². The highest BCUT2D eigenvalue weighted by molar-refractivity contribution is 7.09. The van der Waals surface area contributed by atoms with Gasteiger partial charge in [-0.3, -0.25) is 0 Å². The van der Waals surface area contributed by atoms with E-state index < -0.39 is 5.82 Å². The first-order valence-electron chi connectivity index (χ1n) is 4.65. The summed E-state index contributed by atoms with van der Waals surface area (Å²) in [7, 11) is 0. The van der Waals surface area contributed by atoms with Crippen LogP contribution in [-0.2, 0) is 0 Å². The topological polar surface area (TPSA) is 37.8 Å². The molecule has 3 nitrogen and oxygen atoms in total. The quantitative estimate of drug-likeness (QED) is 0.914. The Morgan fingerprint density at radius 2 is 2.31 bits per heavy atom. The van der Waals surface area contributed by atoms with Crippen LogP contribution < -0.4 is 5.32 Å². The van der Waals surface area contributed by atoms with Gasteiger partial charge in [0.15, 0.2) is 0 Å². The Morgan fingerprint density at radius 1 is 1.50 bits per heavy atom. The summed E-state index contributed by atoms with van der Waals surface area (Å²) in [6.07, 6.45) is 1.65. The van der Waals surface area contributed by atoms with Crippen LogP contribution in [0.3, 0.4) is 0 Å². The second-order valence-electron chi connectivity index (χ2n) is 3.32. The van der Waals surface area contributed by atoms with E-state index in [0.717, 1.165) is 10.6 Å². The van der Waals surface area contributed by atoms with Crippen molar-refractivity contribution >= 4 is 28.1 Å². The third-order valence-electron chi connectivity index (χ3n) is 2.16. The first kappa shape index (κ1) is 11.3. The van der Waals surface area contributed by atoms with Crippen LogP contribution in [0.25, 0.3) is 0 Å². The summed E-state index contributed by atoms with van der Waals surface area (Å²) in [4.78, 5) is 0. The van der Waals surface area contributed by atoms with Gasteiger partial charge in [0.2, 0.25) is 0 Å². The standard InChI is InChI=1S/C10H9ClFN3S/c1-6(14-10-5-13-15-16-10)7-2-3-9(12)8(11)4-7/h2-6,14H,1H3. The summed E-state index contributed by atoms with van der Waals surface area (Å²) in [5, 5.41) is 7.92. The molecule has 2 aromatic rings. The molecule has 0 aliphatic heterocycles. The zero-order valence-corrected chi connectivity index (χ0v) is 10.0. The van der Waals surface area contributed by atoms with Crippen molar-refractivity contribution in [2.75, 3.05) is 5.32 Å². The molecular weight excluding hydrogens is 249 g/mol. The number of benzene rings is 1. The van der Waals surface area contributed by atoms with Gasteiger partial charge in [0.05, 0.1) is 11.2 Å². The average Bonchev–Trinajstić information content (AvgIpc) is 2.74.